The monoisotopic (exact) mass is 376 g/mol. The lowest BCUT2D eigenvalue weighted by Gasteiger charge is -2.07. The van der Waals surface area contributed by atoms with Crippen LogP contribution in [-0.2, 0) is 13.0 Å². The summed E-state index contributed by atoms with van der Waals surface area (Å²) in [6.07, 6.45) is 1.76. The fourth-order valence-electron chi connectivity index (χ4n) is 2.21. The van der Waals surface area contributed by atoms with Gasteiger partial charge in [0.1, 0.15) is 5.01 Å². The van der Waals surface area contributed by atoms with Crippen molar-refractivity contribution in [3.05, 3.63) is 51.8 Å². The predicted octanol–water partition coefficient (Wildman–Crippen LogP) is 5.35. The third-order valence-corrected chi connectivity index (χ3v) is 6.12. The van der Waals surface area contributed by atoms with Gasteiger partial charge in [-0.05, 0) is 52.1 Å². The SMILES string of the molecule is CCc1cc(Sc2cnc(CNC(=O)O)s2)cc(-c2ccsc2)c1. The van der Waals surface area contributed by atoms with Crippen molar-refractivity contribution in [3.8, 4) is 11.1 Å². The first-order valence-corrected chi connectivity index (χ1v) is 9.97. The fraction of sp³-hybridized carbons (Fsp3) is 0.176. The second-order valence-electron chi connectivity index (χ2n) is 5.07. The number of carbonyl (C=O) groups is 1. The minimum absolute atomic E-state index is 0.246. The fourth-order valence-corrected chi connectivity index (χ4v) is 4.94. The smallest absolute Gasteiger partial charge is 0.405 e. The van der Waals surface area contributed by atoms with Crippen molar-refractivity contribution >= 4 is 40.5 Å². The molecule has 3 aromatic rings. The van der Waals surface area contributed by atoms with Gasteiger partial charge in [-0.2, -0.15) is 11.3 Å². The summed E-state index contributed by atoms with van der Waals surface area (Å²) in [5.41, 5.74) is 3.78. The highest BCUT2D eigenvalue weighted by Gasteiger charge is 2.08. The average molecular weight is 377 g/mol. The Hall–Kier alpha value is -1.83. The summed E-state index contributed by atoms with van der Waals surface area (Å²) in [6, 6.07) is 8.77. The van der Waals surface area contributed by atoms with Gasteiger partial charge >= 0.3 is 6.09 Å². The largest absolute Gasteiger partial charge is 0.465 e. The number of thiazole rings is 1. The van der Waals surface area contributed by atoms with E-state index >= 15 is 0 Å². The normalized spacial score (nSPS) is 10.7. The highest BCUT2D eigenvalue weighted by Crippen LogP contribution is 2.35. The molecule has 0 saturated heterocycles. The Kier molecular flexibility index (Phi) is 5.55. The number of hydrogen-bond acceptors (Lipinski definition) is 5. The minimum atomic E-state index is -1.03. The van der Waals surface area contributed by atoms with Gasteiger partial charge < -0.3 is 10.4 Å². The average Bonchev–Trinajstić information content (AvgIpc) is 3.24. The molecule has 2 N–H and O–H groups in total. The number of nitrogens with one attached hydrogen (secondary N) is 1. The van der Waals surface area contributed by atoms with Crippen LogP contribution in [0.2, 0.25) is 0 Å². The molecule has 0 aliphatic rings. The first-order chi connectivity index (χ1) is 11.6. The van der Waals surface area contributed by atoms with Gasteiger partial charge in [-0.15, -0.1) is 11.3 Å². The van der Waals surface area contributed by atoms with Gasteiger partial charge in [0.25, 0.3) is 0 Å². The van der Waals surface area contributed by atoms with Crippen molar-refractivity contribution in [2.75, 3.05) is 0 Å². The molecule has 3 rings (SSSR count). The van der Waals surface area contributed by atoms with Crippen molar-refractivity contribution in [2.45, 2.75) is 29.0 Å². The van der Waals surface area contributed by atoms with Crippen molar-refractivity contribution in [1.82, 2.24) is 10.3 Å². The number of aryl methyl sites for hydroxylation is 1. The van der Waals surface area contributed by atoms with Crippen molar-refractivity contribution in [2.24, 2.45) is 0 Å². The molecule has 24 heavy (non-hydrogen) atoms. The number of benzene rings is 1. The van der Waals surface area contributed by atoms with E-state index in [-0.39, 0.29) is 6.54 Å². The number of carboxylic acid groups (broad SMARTS) is 1. The summed E-state index contributed by atoms with van der Waals surface area (Å²) in [5.74, 6) is 0. The maximum absolute atomic E-state index is 10.6. The van der Waals surface area contributed by atoms with Crippen molar-refractivity contribution in [3.63, 3.8) is 0 Å². The zero-order valence-corrected chi connectivity index (χ0v) is 15.4. The molecular weight excluding hydrogens is 360 g/mol. The number of nitrogens with zero attached hydrogens (tertiary/aromatic N) is 1. The van der Waals surface area contributed by atoms with Crippen LogP contribution >= 0.6 is 34.4 Å². The lowest BCUT2D eigenvalue weighted by atomic mass is 10.0. The summed E-state index contributed by atoms with van der Waals surface area (Å²) < 4.78 is 1.06. The molecular formula is C17H16N2O2S3. The Morgan fingerprint density at radius 2 is 2.21 bits per heavy atom. The van der Waals surface area contributed by atoms with Crippen LogP contribution in [0.1, 0.15) is 17.5 Å². The van der Waals surface area contributed by atoms with E-state index in [2.05, 4.69) is 52.3 Å². The molecule has 2 aromatic heterocycles. The number of hydrogen-bond donors (Lipinski definition) is 2. The molecule has 0 radical (unpaired) electrons. The highest BCUT2D eigenvalue weighted by molar-refractivity contribution is 8.01. The van der Waals surface area contributed by atoms with E-state index in [9.17, 15) is 4.79 Å². The van der Waals surface area contributed by atoms with E-state index < -0.39 is 6.09 Å². The van der Waals surface area contributed by atoms with Crippen molar-refractivity contribution in [1.29, 1.82) is 0 Å². The second kappa shape index (κ2) is 7.83. The van der Waals surface area contributed by atoms with Crippen molar-refractivity contribution < 1.29 is 9.90 Å². The van der Waals surface area contributed by atoms with E-state index in [4.69, 9.17) is 5.11 Å². The van der Waals surface area contributed by atoms with E-state index in [0.29, 0.717) is 0 Å². The molecule has 2 heterocycles. The van der Waals surface area contributed by atoms with E-state index in [1.54, 1.807) is 29.3 Å². The molecule has 0 aliphatic carbocycles. The maximum Gasteiger partial charge on any atom is 0.405 e. The summed E-state index contributed by atoms with van der Waals surface area (Å²) in [6.45, 7) is 2.40. The summed E-state index contributed by atoms with van der Waals surface area (Å²) >= 11 is 4.88. The Morgan fingerprint density at radius 3 is 2.92 bits per heavy atom. The number of thiophene rings is 1. The van der Waals surface area contributed by atoms with E-state index in [1.807, 2.05) is 0 Å². The minimum Gasteiger partial charge on any atom is -0.465 e. The first kappa shape index (κ1) is 17.0. The quantitative estimate of drug-likeness (QED) is 0.608. The molecule has 1 aromatic carbocycles. The van der Waals surface area contributed by atoms with Crippen LogP contribution in [0.15, 0.2) is 50.3 Å². The summed E-state index contributed by atoms with van der Waals surface area (Å²) in [7, 11) is 0. The molecule has 0 atom stereocenters. The van der Waals surface area contributed by atoms with Crippen LogP contribution < -0.4 is 5.32 Å². The first-order valence-electron chi connectivity index (χ1n) is 7.40. The molecule has 7 heteroatoms. The maximum atomic E-state index is 10.6. The molecule has 0 fully saturated rings. The van der Waals surface area contributed by atoms with Gasteiger partial charge in [0.2, 0.25) is 0 Å². The third-order valence-electron chi connectivity index (χ3n) is 3.37. The molecule has 0 aliphatic heterocycles. The van der Waals surface area contributed by atoms with Gasteiger partial charge in [0.05, 0.1) is 17.0 Å². The Bertz CT molecular complexity index is 828. The van der Waals surface area contributed by atoms with Gasteiger partial charge in [0.15, 0.2) is 0 Å². The Balaban J connectivity index is 1.79. The van der Waals surface area contributed by atoms with Crippen LogP contribution in [0.25, 0.3) is 11.1 Å². The van der Waals surface area contributed by atoms with Crippen LogP contribution in [0.5, 0.6) is 0 Å². The summed E-state index contributed by atoms with van der Waals surface area (Å²) in [5, 5.41) is 16.0. The van der Waals surface area contributed by atoms with Gasteiger partial charge in [-0.1, -0.05) is 24.8 Å². The van der Waals surface area contributed by atoms with Gasteiger partial charge in [0, 0.05) is 4.90 Å². The number of amides is 1. The molecule has 4 nitrogen and oxygen atoms in total. The lowest BCUT2D eigenvalue weighted by molar-refractivity contribution is 0.194. The third kappa shape index (κ3) is 4.37. The predicted molar refractivity (Wildman–Crippen MR) is 100 cm³/mol. The molecule has 0 spiro atoms. The Morgan fingerprint density at radius 1 is 1.33 bits per heavy atom. The van der Waals surface area contributed by atoms with Gasteiger partial charge in [-0.3, -0.25) is 0 Å². The topological polar surface area (TPSA) is 62.2 Å². The van der Waals surface area contributed by atoms with Crippen LogP contribution in [-0.4, -0.2) is 16.2 Å². The molecule has 124 valence electrons. The van der Waals surface area contributed by atoms with Gasteiger partial charge in [-0.25, -0.2) is 9.78 Å². The molecule has 0 saturated carbocycles. The molecule has 1 amide bonds. The van der Waals surface area contributed by atoms with Crippen LogP contribution in [0, 0.1) is 0 Å². The Labute approximate surface area is 152 Å². The zero-order chi connectivity index (χ0) is 16.9. The molecule has 0 unspecified atom stereocenters. The second-order valence-corrected chi connectivity index (χ2v) is 8.33. The number of rotatable bonds is 6. The zero-order valence-electron chi connectivity index (χ0n) is 13.0. The lowest BCUT2D eigenvalue weighted by Crippen LogP contribution is -2.19. The van der Waals surface area contributed by atoms with Crippen LogP contribution in [0.4, 0.5) is 4.79 Å². The standard InChI is InChI=1S/C17H16N2O2S3/c1-2-11-5-13(12-3-4-22-10-12)7-14(6-11)23-16-9-18-15(24-16)8-19-17(20)21/h3-7,9-10,19H,2,8H2,1H3,(H,20,21). The summed E-state index contributed by atoms with van der Waals surface area (Å²) in [4.78, 5) is 16.0. The number of aromatic nitrogens is 1. The highest BCUT2D eigenvalue weighted by atomic mass is 32.2. The van der Waals surface area contributed by atoms with E-state index in [0.717, 1.165) is 15.6 Å². The van der Waals surface area contributed by atoms with Crippen LogP contribution in [0.3, 0.4) is 0 Å². The van der Waals surface area contributed by atoms with E-state index in [1.165, 1.54) is 32.9 Å². The molecule has 0 bridgehead atoms.